The molecule has 2 rings (SSSR count). The van der Waals surface area contributed by atoms with Crippen LogP contribution in [0.2, 0.25) is 0 Å². The second kappa shape index (κ2) is 6.53. The molecule has 0 amide bonds. The molecule has 0 unspecified atom stereocenters. The van der Waals surface area contributed by atoms with E-state index in [1.807, 2.05) is 26.8 Å². The van der Waals surface area contributed by atoms with Crippen molar-refractivity contribution in [3.05, 3.63) is 28.8 Å². The highest BCUT2D eigenvalue weighted by atomic mass is 32.2. The monoisotopic (exact) mass is 359 g/mol. The zero-order valence-electron chi connectivity index (χ0n) is 14.2. The molecule has 7 heteroatoms. The van der Waals surface area contributed by atoms with Crippen LogP contribution in [0.3, 0.4) is 0 Å². The molecule has 130 valence electrons. The van der Waals surface area contributed by atoms with E-state index < -0.39 is 25.9 Å². The molecule has 1 aliphatic rings. The van der Waals surface area contributed by atoms with Crippen LogP contribution in [0.5, 0.6) is 0 Å². The molecule has 1 aromatic carbocycles. The van der Waals surface area contributed by atoms with Crippen molar-refractivity contribution in [2.75, 3.05) is 18.1 Å². The number of sulfonamides is 1. The standard InChI is InChI=1S/C16H25NO4S2/c1-5-7-17(15-6-8-22(18,19)11-15)23(20,21)16-10-13(3)12(2)9-14(16)4/h9-10,15H,5-8,11H2,1-4H3/t15-/m1/s1. The first-order valence-electron chi connectivity index (χ1n) is 7.88. The van der Waals surface area contributed by atoms with Gasteiger partial charge in [-0.1, -0.05) is 13.0 Å². The minimum absolute atomic E-state index is 0.0688. The minimum atomic E-state index is -3.70. The predicted octanol–water partition coefficient (Wildman–Crippen LogP) is 2.20. The van der Waals surface area contributed by atoms with E-state index in [0.717, 1.165) is 11.1 Å². The van der Waals surface area contributed by atoms with E-state index in [1.165, 1.54) is 4.31 Å². The summed E-state index contributed by atoms with van der Waals surface area (Å²) in [7, 11) is -6.83. The van der Waals surface area contributed by atoms with Crippen molar-refractivity contribution in [2.45, 2.75) is 51.5 Å². The predicted molar refractivity (Wildman–Crippen MR) is 91.9 cm³/mol. The maximum absolute atomic E-state index is 13.1. The lowest BCUT2D eigenvalue weighted by atomic mass is 10.1. The fraction of sp³-hybridized carbons (Fsp3) is 0.625. The van der Waals surface area contributed by atoms with Crippen molar-refractivity contribution in [1.29, 1.82) is 0 Å². The summed E-state index contributed by atoms with van der Waals surface area (Å²) in [5.41, 5.74) is 2.67. The minimum Gasteiger partial charge on any atom is -0.229 e. The van der Waals surface area contributed by atoms with Crippen LogP contribution in [0.4, 0.5) is 0 Å². The molecular formula is C16H25NO4S2. The zero-order valence-corrected chi connectivity index (χ0v) is 15.8. The van der Waals surface area contributed by atoms with Crippen LogP contribution in [0.25, 0.3) is 0 Å². The van der Waals surface area contributed by atoms with E-state index in [-0.39, 0.29) is 11.5 Å². The van der Waals surface area contributed by atoms with E-state index in [2.05, 4.69) is 0 Å². The van der Waals surface area contributed by atoms with Crippen molar-refractivity contribution in [3.8, 4) is 0 Å². The third-order valence-corrected chi connectivity index (χ3v) is 8.28. The summed E-state index contributed by atoms with van der Waals surface area (Å²) in [5.74, 6) is -0.00453. The zero-order chi connectivity index (χ0) is 17.4. The Bertz CT molecular complexity index is 798. The molecule has 1 aromatic rings. The average molecular weight is 360 g/mol. The van der Waals surface area contributed by atoms with Crippen molar-refractivity contribution >= 4 is 19.9 Å². The van der Waals surface area contributed by atoms with Crippen LogP contribution >= 0.6 is 0 Å². The van der Waals surface area contributed by atoms with Gasteiger partial charge in [-0.3, -0.25) is 0 Å². The van der Waals surface area contributed by atoms with Gasteiger partial charge in [0.25, 0.3) is 0 Å². The van der Waals surface area contributed by atoms with Crippen LogP contribution in [0, 0.1) is 20.8 Å². The molecule has 0 aliphatic carbocycles. The van der Waals surface area contributed by atoms with Gasteiger partial charge in [0.05, 0.1) is 16.4 Å². The number of sulfone groups is 1. The van der Waals surface area contributed by atoms with Gasteiger partial charge in [-0.2, -0.15) is 4.31 Å². The molecule has 1 aliphatic heterocycles. The van der Waals surface area contributed by atoms with Crippen molar-refractivity contribution in [3.63, 3.8) is 0 Å². The molecule has 1 heterocycles. The van der Waals surface area contributed by atoms with Crippen molar-refractivity contribution in [2.24, 2.45) is 0 Å². The van der Waals surface area contributed by atoms with Gasteiger partial charge < -0.3 is 0 Å². The summed E-state index contributed by atoms with van der Waals surface area (Å²) in [6.45, 7) is 7.87. The largest absolute Gasteiger partial charge is 0.243 e. The SMILES string of the molecule is CCCN([C@@H]1CCS(=O)(=O)C1)S(=O)(=O)c1cc(C)c(C)cc1C. The summed E-state index contributed by atoms with van der Waals surface area (Å²) in [6.07, 6.45) is 1.03. The Hall–Kier alpha value is -0.920. The third-order valence-electron chi connectivity index (χ3n) is 4.44. The van der Waals surface area contributed by atoms with E-state index in [0.29, 0.717) is 29.8 Å². The maximum atomic E-state index is 13.1. The smallest absolute Gasteiger partial charge is 0.229 e. The van der Waals surface area contributed by atoms with Gasteiger partial charge in [0.15, 0.2) is 9.84 Å². The first-order chi connectivity index (χ1) is 10.6. The van der Waals surface area contributed by atoms with E-state index in [1.54, 1.807) is 13.0 Å². The molecule has 0 N–H and O–H groups in total. The Balaban J connectivity index is 2.48. The molecule has 5 nitrogen and oxygen atoms in total. The van der Waals surface area contributed by atoms with Gasteiger partial charge in [0, 0.05) is 12.6 Å². The normalized spacial score (nSPS) is 21.0. The molecule has 0 saturated carbocycles. The Morgan fingerprint density at radius 1 is 1.13 bits per heavy atom. The Labute approximate surface area is 139 Å². The van der Waals surface area contributed by atoms with Crippen LogP contribution in [0.1, 0.15) is 36.5 Å². The number of nitrogens with zero attached hydrogens (tertiary/aromatic N) is 1. The van der Waals surface area contributed by atoms with E-state index in [9.17, 15) is 16.8 Å². The topological polar surface area (TPSA) is 71.5 Å². The fourth-order valence-electron chi connectivity index (χ4n) is 3.06. The molecule has 0 spiro atoms. The number of aryl methyl sites for hydroxylation is 3. The molecule has 1 fully saturated rings. The third kappa shape index (κ3) is 3.78. The Kier molecular flexibility index (Phi) is 5.23. The molecule has 1 saturated heterocycles. The van der Waals surface area contributed by atoms with Crippen molar-refractivity contribution in [1.82, 2.24) is 4.31 Å². The van der Waals surface area contributed by atoms with Gasteiger partial charge in [-0.05, 0) is 56.4 Å². The van der Waals surface area contributed by atoms with Crippen LogP contribution < -0.4 is 0 Å². The van der Waals surface area contributed by atoms with Crippen LogP contribution in [0.15, 0.2) is 17.0 Å². The van der Waals surface area contributed by atoms with Gasteiger partial charge in [0.2, 0.25) is 10.0 Å². The molecule has 0 radical (unpaired) electrons. The highest BCUT2D eigenvalue weighted by Crippen LogP contribution is 2.28. The lowest BCUT2D eigenvalue weighted by Gasteiger charge is -2.28. The lowest BCUT2D eigenvalue weighted by molar-refractivity contribution is 0.340. The quantitative estimate of drug-likeness (QED) is 0.808. The maximum Gasteiger partial charge on any atom is 0.243 e. The van der Waals surface area contributed by atoms with Gasteiger partial charge in [-0.15, -0.1) is 0 Å². The van der Waals surface area contributed by atoms with Crippen LogP contribution in [-0.4, -0.2) is 45.2 Å². The van der Waals surface area contributed by atoms with Crippen molar-refractivity contribution < 1.29 is 16.8 Å². The lowest BCUT2D eigenvalue weighted by Crippen LogP contribution is -2.41. The van der Waals surface area contributed by atoms with Gasteiger partial charge >= 0.3 is 0 Å². The number of benzene rings is 1. The highest BCUT2D eigenvalue weighted by Gasteiger charge is 2.38. The van der Waals surface area contributed by atoms with Gasteiger partial charge in [0.1, 0.15) is 0 Å². The Morgan fingerprint density at radius 3 is 2.26 bits per heavy atom. The molecule has 0 bridgehead atoms. The first kappa shape index (κ1) is 18.4. The molecule has 23 heavy (non-hydrogen) atoms. The second-order valence-electron chi connectivity index (χ2n) is 6.37. The molecule has 0 aromatic heterocycles. The summed E-state index contributed by atoms with van der Waals surface area (Å²) < 4.78 is 51.2. The summed E-state index contributed by atoms with van der Waals surface area (Å²) in [5, 5.41) is 0. The first-order valence-corrected chi connectivity index (χ1v) is 11.1. The number of rotatable bonds is 5. The molecular weight excluding hydrogens is 334 g/mol. The number of hydrogen-bond donors (Lipinski definition) is 0. The van der Waals surface area contributed by atoms with E-state index in [4.69, 9.17) is 0 Å². The summed E-state index contributed by atoms with van der Waals surface area (Å²) in [4.78, 5) is 0.290. The van der Waals surface area contributed by atoms with E-state index >= 15 is 0 Å². The molecule has 1 atom stereocenters. The summed E-state index contributed by atoms with van der Waals surface area (Å²) in [6, 6.07) is 3.12. The average Bonchev–Trinajstić information content (AvgIpc) is 2.79. The van der Waals surface area contributed by atoms with Gasteiger partial charge in [-0.25, -0.2) is 16.8 Å². The number of hydrogen-bond acceptors (Lipinski definition) is 4. The van der Waals surface area contributed by atoms with Crippen LogP contribution in [-0.2, 0) is 19.9 Å². The Morgan fingerprint density at radius 2 is 1.74 bits per heavy atom. The summed E-state index contributed by atoms with van der Waals surface area (Å²) >= 11 is 0. The second-order valence-corrected chi connectivity index (χ2v) is 10.5. The fourth-order valence-corrected chi connectivity index (χ4v) is 6.92. The highest BCUT2D eigenvalue weighted by molar-refractivity contribution is 7.92.